The van der Waals surface area contributed by atoms with Crippen molar-refractivity contribution in [1.82, 2.24) is 9.88 Å². The predicted octanol–water partition coefficient (Wildman–Crippen LogP) is 3.16. The summed E-state index contributed by atoms with van der Waals surface area (Å²) < 4.78 is 0. The average Bonchev–Trinajstić information content (AvgIpc) is 2.56. The molecule has 1 heterocycles. The summed E-state index contributed by atoms with van der Waals surface area (Å²) in [7, 11) is 0. The first-order valence-electron chi connectivity index (χ1n) is 7.49. The Morgan fingerprint density at radius 1 is 1.00 bits per heavy atom. The fraction of sp³-hybridized carbons (Fsp3) is 0.222. The van der Waals surface area contributed by atoms with Crippen LogP contribution in [0.5, 0.6) is 0 Å². The highest BCUT2D eigenvalue weighted by Crippen LogP contribution is 2.22. The second-order valence-electron chi connectivity index (χ2n) is 5.24. The van der Waals surface area contributed by atoms with E-state index in [0.29, 0.717) is 24.0 Å². The number of amides is 1. The molecule has 0 unspecified atom stereocenters. The summed E-state index contributed by atoms with van der Waals surface area (Å²) in [4.78, 5) is 29.3. The molecule has 1 aromatic heterocycles. The van der Waals surface area contributed by atoms with Gasteiger partial charge in [0.15, 0.2) is 0 Å². The molecule has 0 saturated carbocycles. The quantitative estimate of drug-likeness (QED) is 0.754. The molecule has 0 spiro atoms. The van der Waals surface area contributed by atoms with E-state index in [2.05, 4.69) is 4.98 Å². The molecule has 0 aliphatic carbocycles. The number of aromatic amines is 1. The standard InChI is InChI=1S/C18H18N2O2/c1-3-20(4-2)18(22)12-9-10-16-15(11-12)13-7-5-6-8-14(13)17(21)19-16/h5-11H,3-4H2,1-2H3,(H,19,21). The van der Waals surface area contributed by atoms with Gasteiger partial charge in [0.1, 0.15) is 0 Å². The van der Waals surface area contributed by atoms with Gasteiger partial charge in [-0.1, -0.05) is 18.2 Å². The molecule has 4 nitrogen and oxygen atoms in total. The van der Waals surface area contributed by atoms with Gasteiger partial charge in [-0.05, 0) is 43.5 Å². The largest absolute Gasteiger partial charge is 0.339 e. The van der Waals surface area contributed by atoms with Gasteiger partial charge in [-0.25, -0.2) is 0 Å². The first-order valence-corrected chi connectivity index (χ1v) is 7.49. The summed E-state index contributed by atoms with van der Waals surface area (Å²) in [6.45, 7) is 5.30. The monoisotopic (exact) mass is 294 g/mol. The van der Waals surface area contributed by atoms with Crippen molar-refractivity contribution in [1.29, 1.82) is 0 Å². The van der Waals surface area contributed by atoms with E-state index in [9.17, 15) is 9.59 Å². The lowest BCUT2D eigenvalue weighted by atomic mass is 10.0. The van der Waals surface area contributed by atoms with Crippen LogP contribution in [0, 0.1) is 0 Å². The van der Waals surface area contributed by atoms with Crippen LogP contribution in [-0.4, -0.2) is 28.9 Å². The van der Waals surface area contributed by atoms with Crippen molar-refractivity contribution in [3.05, 3.63) is 58.4 Å². The first kappa shape index (κ1) is 14.3. The second-order valence-corrected chi connectivity index (χ2v) is 5.24. The van der Waals surface area contributed by atoms with E-state index in [0.717, 1.165) is 16.3 Å². The molecule has 0 bridgehead atoms. The topological polar surface area (TPSA) is 53.2 Å². The molecular weight excluding hydrogens is 276 g/mol. The second kappa shape index (κ2) is 5.64. The van der Waals surface area contributed by atoms with Crippen LogP contribution in [0.15, 0.2) is 47.3 Å². The molecule has 0 atom stereocenters. The van der Waals surface area contributed by atoms with Crippen molar-refractivity contribution in [2.75, 3.05) is 13.1 Å². The molecule has 0 aliphatic rings. The van der Waals surface area contributed by atoms with Crippen LogP contribution in [0.2, 0.25) is 0 Å². The molecule has 0 aliphatic heterocycles. The van der Waals surface area contributed by atoms with Gasteiger partial charge in [0.25, 0.3) is 11.5 Å². The number of aromatic nitrogens is 1. The van der Waals surface area contributed by atoms with E-state index in [1.807, 2.05) is 38.1 Å². The minimum Gasteiger partial charge on any atom is -0.339 e. The summed E-state index contributed by atoms with van der Waals surface area (Å²) in [5.74, 6) is 0.0159. The molecule has 4 heteroatoms. The van der Waals surface area contributed by atoms with Crippen LogP contribution < -0.4 is 5.56 Å². The summed E-state index contributed by atoms with van der Waals surface area (Å²) in [5.41, 5.74) is 1.29. The normalized spacial score (nSPS) is 11.0. The number of benzene rings is 2. The molecule has 0 fully saturated rings. The lowest BCUT2D eigenvalue weighted by Gasteiger charge is -2.18. The van der Waals surface area contributed by atoms with E-state index < -0.39 is 0 Å². The zero-order valence-corrected chi connectivity index (χ0v) is 12.7. The molecule has 0 radical (unpaired) electrons. The third kappa shape index (κ3) is 2.26. The molecule has 3 rings (SSSR count). The van der Waals surface area contributed by atoms with Crippen LogP contribution in [0.25, 0.3) is 21.7 Å². The number of H-pyrrole nitrogens is 1. The average molecular weight is 294 g/mol. The molecule has 2 aromatic carbocycles. The Balaban J connectivity index is 2.25. The Morgan fingerprint density at radius 3 is 2.36 bits per heavy atom. The van der Waals surface area contributed by atoms with E-state index in [-0.39, 0.29) is 11.5 Å². The maximum atomic E-state index is 12.5. The maximum Gasteiger partial charge on any atom is 0.256 e. The van der Waals surface area contributed by atoms with Crippen LogP contribution >= 0.6 is 0 Å². The van der Waals surface area contributed by atoms with Crippen LogP contribution in [-0.2, 0) is 0 Å². The number of hydrogen-bond acceptors (Lipinski definition) is 2. The Kier molecular flexibility index (Phi) is 3.67. The first-order chi connectivity index (χ1) is 10.7. The van der Waals surface area contributed by atoms with Crippen molar-refractivity contribution in [2.45, 2.75) is 13.8 Å². The van der Waals surface area contributed by atoms with Crippen molar-refractivity contribution in [3.63, 3.8) is 0 Å². The highest BCUT2D eigenvalue weighted by atomic mass is 16.2. The molecule has 3 aromatic rings. The van der Waals surface area contributed by atoms with Crippen LogP contribution in [0.4, 0.5) is 0 Å². The molecule has 0 saturated heterocycles. The summed E-state index contributed by atoms with van der Waals surface area (Å²) in [6.07, 6.45) is 0. The smallest absolute Gasteiger partial charge is 0.256 e. The Labute approximate surface area is 128 Å². The van der Waals surface area contributed by atoms with E-state index in [1.54, 1.807) is 23.1 Å². The number of carbonyl (C=O) groups is 1. The lowest BCUT2D eigenvalue weighted by molar-refractivity contribution is 0.0773. The number of rotatable bonds is 3. The summed E-state index contributed by atoms with van der Waals surface area (Å²) >= 11 is 0. The number of pyridine rings is 1. The Bertz CT molecular complexity index is 908. The number of hydrogen-bond donors (Lipinski definition) is 1. The fourth-order valence-electron chi connectivity index (χ4n) is 2.81. The van der Waals surface area contributed by atoms with Gasteiger partial charge >= 0.3 is 0 Å². The van der Waals surface area contributed by atoms with E-state index in [1.165, 1.54) is 0 Å². The van der Waals surface area contributed by atoms with Crippen molar-refractivity contribution in [3.8, 4) is 0 Å². The van der Waals surface area contributed by atoms with Gasteiger partial charge in [0.05, 0.1) is 0 Å². The maximum absolute atomic E-state index is 12.5. The third-order valence-electron chi connectivity index (χ3n) is 4.03. The van der Waals surface area contributed by atoms with Crippen molar-refractivity contribution in [2.24, 2.45) is 0 Å². The van der Waals surface area contributed by atoms with Crippen LogP contribution in [0.3, 0.4) is 0 Å². The number of carbonyl (C=O) groups excluding carboxylic acids is 1. The predicted molar refractivity (Wildman–Crippen MR) is 89.3 cm³/mol. The molecule has 112 valence electrons. The summed E-state index contributed by atoms with van der Waals surface area (Å²) in [6, 6.07) is 12.9. The SMILES string of the molecule is CCN(CC)C(=O)c1ccc2[nH]c(=O)c3ccccc3c2c1. The highest BCUT2D eigenvalue weighted by molar-refractivity contribution is 6.08. The van der Waals surface area contributed by atoms with E-state index in [4.69, 9.17) is 0 Å². The van der Waals surface area contributed by atoms with E-state index >= 15 is 0 Å². The van der Waals surface area contributed by atoms with Gasteiger partial charge < -0.3 is 9.88 Å². The zero-order chi connectivity index (χ0) is 15.7. The minimum absolute atomic E-state index is 0.0159. The molecule has 1 amide bonds. The highest BCUT2D eigenvalue weighted by Gasteiger charge is 2.14. The lowest BCUT2D eigenvalue weighted by Crippen LogP contribution is -2.30. The number of nitrogens with zero attached hydrogens (tertiary/aromatic N) is 1. The number of nitrogens with one attached hydrogen (secondary N) is 1. The molecule has 22 heavy (non-hydrogen) atoms. The molecular formula is C18H18N2O2. The van der Waals surface area contributed by atoms with Crippen LogP contribution in [0.1, 0.15) is 24.2 Å². The summed E-state index contributed by atoms with van der Waals surface area (Å²) in [5, 5.41) is 2.41. The number of fused-ring (bicyclic) bond motifs is 3. The zero-order valence-electron chi connectivity index (χ0n) is 12.7. The van der Waals surface area contributed by atoms with Crippen molar-refractivity contribution < 1.29 is 4.79 Å². The molecule has 1 N–H and O–H groups in total. The van der Waals surface area contributed by atoms with Gasteiger partial charge in [-0.2, -0.15) is 0 Å². The van der Waals surface area contributed by atoms with Gasteiger partial charge in [-0.3, -0.25) is 9.59 Å². The van der Waals surface area contributed by atoms with Gasteiger partial charge in [0, 0.05) is 34.9 Å². The minimum atomic E-state index is -0.106. The third-order valence-corrected chi connectivity index (χ3v) is 4.03. The van der Waals surface area contributed by atoms with Gasteiger partial charge in [-0.15, -0.1) is 0 Å². The Morgan fingerprint density at radius 2 is 1.68 bits per heavy atom. The fourth-order valence-corrected chi connectivity index (χ4v) is 2.81. The van der Waals surface area contributed by atoms with Gasteiger partial charge in [0.2, 0.25) is 0 Å². The Hall–Kier alpha value is -2.62. The van der Waals surface area contributed by atoms with Crippen molar-refractivity contribution >= 4 is 27.6 Å².